The fraction of sp³-hybridized carbons (Fsp3) is 0.154. The van der Waals surface area contributed by atoms with E-state index < -0.39 is 0 Å². The second kappa shape index (κ2) is 4.86. The van der Waals surface area contributed by atoms with Crippen molar-refractivity contribution >= 4 is 43.4 Å². The summed E-state index contributed by atoms with van der Waals surface area (Å²) in [6.45, 7) is 0.822. The van der Waals surface area contributed by atoms with Crippen LogP contribution in [-0.2, 0) is 0 Å². The van der Waals surface area contributed by atoms with E-state index in [1.807, 2.05) is 18.3 Å². The lowest BCUT2D eigenvalue weighted by molar-refractivity contribution is 1.15. The van der Waals surface area contributed by atoms with Crippen LogP contribution in [0.2, 0.25) is 0 Å². The molecular weight excluding hydrogens is 292 g/mol. The Morgan fingerprint density at radius 3 is 3.00 bits per heavy atom. The number of nitrogens with zero attached hydrogens (tertiary/aromatic N) is 3. The third-order valence-electron chi connectivity index (χ3n) is 2.81. The fourth-order valence-corrected chi connectivity index (χ4v) is 2.22. The Bertz CT molecular complexity index is 699. The molecule has 0 radical (unpaired) electrons. The molecule has 0 saturated carbocycles. The normalized spacial score (nSPS) is 10.9. The molecule has 3 aromatic rings. The molecule has 5 heteroatoms. The number of anilines is 1. The first-order valence-corrected chi connectivity index (χ1v) is 6.79. The van der Waals surface area contributed by atoms with Crippen molar-refractivity contribution in [2.24, 2.45) is 0 Å². The molecule has 0 fully saturated rings. The van der Waals surface area contributed by atoms with E-state index in [0.717, 1.165) is 39.4 Å². The van der Waals surface area contributed by atoms with Gasteiger partial charge in [-0.2, -0.15) is 0 Å². The molecule has 0 spiro atoms. The predicted molar refractivity (Wildman–Crippen MR) is 77.1 cm³/mol. The van der Waals surface area contributed by atoms with Gasteiger partial charge >= 0.3 is 0 Å². The van der Waals surface area contributed by atoms with Gasteiger partial charge in [-0.05, 0) is 17.5 Å². The lowest BCUT2D eigenvalue weighted by Gasteiger charge is -2.09. The van der Waals surface area contributed by atoms with Crippen LogP contribution in [0.1, 0.15) is 0 Å². The van der Waals surface area contributed by atoms with Crippen LogP contribution in [0.15, 0.2) is 36.9 Å². The number of nitrogens with one attached hydrogen (secondary N) is 1. The maximum Gasteiger partial charge on any atom is 0.138 e. The molecule has 0 amide bonds. The Labute approximate surface area is 113 Å². The summed E-state index contributed by atoms with van der Waals surface area (Å²) in [5.41, 5.74) is 0.933. The van der Waals surface area contributed by atoms with Crippen LogP contribution in [0.25, 0.3) is 21.7 Å². The summed E-state index contributed by atoms with van der Waals surface area (Å²) < 4.78 is 0. The minimum Gasteiger partial charge on any atom is -0.369 e. The zero-order valence-corrected chi connectivity index (χ0v) is 11.2. The summed E-state index contributed by atoms with van der Waals surface area (Å²) in [6, 6.07) is 6.06. The highest BCUT2D eigenvalue weighted by molar-refractivity contribution is 9.09. The number of aromatic nitrogens is 3. The van der Waals surface area contributed by atoms with Gasteiger partial charge in [0.1, 0.15) is 12.1 Å². The van der Waals surface area contributed by atoms with Crippen LogP contribution in [-0.4, -0.2) is 26.8 Å². The van der Waals surface area contributed by atoms with E-state index in [1.165, 1.54) is 0 Å². The van der Waals surface area contributed by atoms with Gasteiger partial charge in [-0.15, -0.1) is 0 Å². The molecular formula is C13H11BrN4. The van der Waals surface area contributed by atoms with Crippen molar-refractivity contribution in [3.63, 3.8) is 0 Å². The van der Waals surface area contributed by atoms with Crippen LogP contribution in [0, 0.1) is 0 Å². The molecule has 2 heterocycles. The van der Waals surface area contributed by atoms with E-state index in [4.69, 9.17) is 0 Å². The topological polar surface area (TPSA) is 50.7 Å². The summed E-state index contributed by atoms with van der Waals surface area (Å²) in [5, 5.41) is 7.44. The van der Waals surface area contributed by atoms with Gasteiger partial charge in [0.25, 0.3) is 0 Å². The molecule has 1 aromatic carbocycles. The number of halogens is 1. The molecule has 4 nitrogen and oxygen atoms in total. The molecule has 0 atom stereocenters. The van der Waals surface area contributed by atoms with Crippen LogP contribution >= 0.6 is 15.9 Å². The number of fused-ring (bicyclic) bond motifs is 3. The number of rotatable bonds is 3. The Kier molecular flexibility index (Phi) is 3.06. The molecule has 90 valence electrons. The first-order valence-electron chi connectivity index (χ1n) is 5.67. The minimum atomic E-state index is 0.822. The molecule has 18 heavy (non-hydrogen) atoms. The zero-order valence-electron chi connectivity index (χ0n) is 9.60. The summed E-state index contributed by atoms with van der Waals surface area (Å²) in [4.78, 5) is 12.8. The lowest BCUT2D eigenvalue weighted by Crippen LogP contribution is -2.05. The Morgan fingerprint density at radius 2 is 2.11 bits per heavy atom. The fourth-order valence-electron chi connectivity index (χ4n) is 2.02. The summed E-state index contributed by atoms with van der Waals surface area (Å²) in [6.07, 6.45) is 5.24. The quantitative estimate of drug-likeness (QED) is 0.597. The molecule has 0 aliphatic carbocycles. The van der Waals surface area contributed by atoms with Crippen LogP contribution in [0.5, 0.6) is 0 Å². The van der Waals surface area contributed by atoms with Crippen molar-refractivity contribution < 1.29 is 0 Å². The number of hydrogen-bond donors (Lipinski definition) is 1. The van der Waals surface area contributed by atoms with Crippen LogP contribution < -0.4 is 5.32 Å². The largest absolute Gasteiger partial charge is 0.369 e. The van der Waals surface area contributed by atoms with E-state index >= 15 is 0 Å². The Morgan fingerprint density at radius 1 is 1.17 bits per heavy atom. The standard InChI is InChI=1S/C13H11BrN4/c14-4-6-16-13-12-10-7-15-5-3-9(10)1-2-11(12)17-8-18-13/h1-3,5,7-8H,4,6H2,(H,16,17,18). The third kappa shape index (κ3) is 1.90. The van der Waals surface area contributed by atoms with E-state index in [2.05, 4.69) is 42.3 Å². The van der Waals surface area contributed by atoms with Crippen molar-refractivity contribution in [1.29, 1.82) is 0 Å². The van der Waals surface area contributed by atoms with Crippen molar-refractivity contribution in [2.45, 2.75) is 0 Å². The van der Waals surface area contributed by atoms with Gasteiger partial charge < -0.3 is 5.32 Å². The maximum atomic E-state index is 4.32. The van der Waals surface area contributed by atoms with Gasteiger partial charge in [0.15, 0.2) is 0 Å². The van der Waals surface area contributed by atoms with Crippen LogP contribution in [0.4, 0.5) is 5.82 Å². The average Bonchev–Trinajstić information content (AvgIpc) is 2.44. The summed E-state index contributed by atoms with van der Waals surface area (Å²) in [7, 11) is 0. The van der Waals surface area contributed by atoms with E-state index in [9.17, 15) is 0 Å². The first kappa shape index (κ1) is 11.3. The Balaban J connectivity index is 2.32. The highest BCUT2D eigenvalue weighted by atomic mass is 79.9. The number of pyridine rings is 1. The van der Waals surface area contributed by atoms with Gasteiger partial charge in [0.05, 0.1) is 10.9 Å². The van der Waals surface area contributed by atoms with Gasteiger partial charge in [0, 0.05) is 29.7 Å². The van der Waals surface area contributed by atoms with Crippen molar-refractivity contribution in [3.05, 3.63) is 36.9 Å². The Hall–Kier alpha value is -1.75. The number of alkyl halides is 1. The number of hydrogen-bond acceptors (Lipinski definition) is 4. The van der Waals surface area contributed by atoms with Crippen molar-refractivity contribution in [2.75, 3.05) is 17.2 Å². The molecule has 3 rings (SSSR count). The highest BCUT2D eigenvalue weighted by Crippen LogP contribution is 2.27. The molecule has 2 aromatic heterocycles. The molecule has 1 N–H and O–H groups in total. The number of benzene rings is 1. The molecule has 0 aliphatic heterocycles. The molecule has 0 unspecified atom stereocenters. The predicted octanol–water partition coefficient (Wildman–Crippen LogP) is 2.98. The van der Waals surface area contributed by atoms with Gasteiger partial charge in [-0.25, -0.2) is 9.97 Å². The van der Waals surface area contributed by atoms with Gasteiger partial charge in [0.2, 0.25) is 0 Å². The molecule has 0 saturated heterocycles. The van der Waals surface area contributed by atoms with Crippen LogP contribution in [0.3, 0.4) is 0 Å². The second-order valence-electron chi connectivity index (χ2n) is 3.89. The van der Waals surface area contributed by atoms with Gasteiger partial charge in [-0.1, -0.05) is 22.0 Å². The summed E-state index contributed by atoms with van der Waals surface area (Å²) >= 11 is 3.40. The second-order valence-corrected chi connectivity index (χ2v) is 4.69. The maximum absolute atomic E-state index is 4.32. The zero-order chi connectivity index (χ0) is 12.4. The molecule has 0 bridgehead atoms. The minimum absolute atomic E-state index is 0.822. The van der Waals surface area contributed by atoms with Crippen molar-refractivity contribution in [3.8, 4) is 0 Å². The van der Waals surface area contributed by atoms with Gasteiger partial charge in [-0.3, -0.25) is 4.98 Å². The summed E-state index contributed by atoms with van der Waals surface area (Å²) in [5.74, 6) is 0.859. The smallest absolute Gasteiger partial charge is 0.138 e. The van der Waals surface area contributed by atoms with Crippen molar-refractivity contribution in [1.82, 2.24) is 15.0 Å². The first-order chi connectivity index (χ1) is 8.90. The third-order valence-corrected chi connectivity index (χ3v) is 3.20. The SMILES string of the molecule is BrCCNc1ncnc2ccc3ccncc3c12. The van der Waals surface area contributed by atoms with E-state index in [-0.39, 0.29) is 0 Å². The molecule has 0 aliphatic rings. The van der Waals surface area contributed by atoms with E-state index in [0.29, 0.717) is 0 Å². The lowest BCUT2D eigenvalue weighted by atomic mass is 10.1. The van der Waals surface area contributed by atoms with E-state index in [1.54, 1.807) is 12.5 Å². The highest BCUT2D eigenvalue weighted by Gasteiger charge is 2.07. The average molecular weight is 303 g/mol. The monoisotopic (exact) mass is 302 g/mol.